The van der Waals surface area contributed by atoms with Gasteiger partial charge in [-0.2, -0.15) is 0 Å². The third-order valence-electron chi connectivity index (χ3n) is 2.79. The van der Waals surface area contributed by atoms with E-state index in [-0.39, 0.29) is 12.5 Å². The van der Waals surface area contributed by atoms with E-state index < -0.39 is 17.7 Å². The number of hydrazine groups is 1. The Bertz CT molecular complexity index is 586. The van der Waals surface area contributed by atoms with E-state index in [1.54, 1.807) is 32.0 Å². The van der Waals surface area contributed by atoms with Crippen LogP contribution in [-0.4, -0.2) is 38.0 Å². The molecule has 8 nitrogen and oxygen atoms in total. The summed E-state index contributed by atoms with van der Waals surface area (Å²) in [6.07, 6.45) is -0.0285. The zero-order valence-electron chi connectivity index (χ0n) is 13.6. The maximum absolute atomic E-state index is 11.8. The summed E-state index contributed by atoms with van der Waals surface area (Å²) in [4.78, 5) is 34.7. The first kappa shape index (κ1) is 18.3. The fourth-order valence-electron chi connectivity index (χ4n) is 1.73. The SMILES string of the molecule is COc1ccc(CC(=O)NNC(=O)C(=O)NC(C)C)c(OC)c1. The van der Waals surface area contributed by atoms with Crippen LogP contribution >= 0.6 is 0 Å². The van der Waals surface area contributed by atoms with E-state index in [4.69, 9.17) is 9.47 Å². The Balaban J connectivity index is 2.57. The smallest absolute Gasteiger partial charge is 0.327 e. The van der Waals surface area contributed by atoms with Gasteiger partial charge in [0, 0.05) is 17.7 Å². The fourth-order valence-corrected chi connectivity index (χ4v) is 1.73. The third kappa shape index (κ3) is 5.85. The Morgan fingerprint density at radius 3 is 2.30 bits per heavy atom. The Kier molecular flexibility index (Phi) is 6.85. The molecule has 8 heteroatoms. The Morgan fingerprint density at radius 1 is 1.04 bits per heavy atom. The van der Waals surface area contributed by atoms with Gasteiger partial charge in [0.2, 0.25) is 5.91 Å². The molecule has 0 unspecified atom stereocenters. The quantitative estimate of drug-likeness (QED) is 0.519. The molecule has 1 aromatic rings. The van der Waals surface area contributed by atoms with Crippen LogP contribution in [0.5, 0.6) is 11.5 Å². The van der Waals surface area contributed by atoms with Crippen molar-refractivity contribution in [1.29, 1.82) is 0 Å². The van der Waals surface area contributed by atoms with Crippen LogP contribution in [0.2, 0.25) is 0 Å². The van der Waals surface area contributed by atoms with Gasteiger partial charge in [-0.3, -0.25) is 25.2 Å². The molecule has 0 aromatic heterocycles. The lowest BCUT2D eigenvalue weighted by Crippen LogP contribution is -2.50. The van der Waals surface area contributed by atoms with Gasteiger partial charge in [0.15, 0.2) is 0 Å². The predicted molar refractivity (Wildman–Crippen MR) is 82.8 cm³/mol. The summed E-state index contributed by atoms with van der Waals surface area (Å²) in [6.45, 7) is 3.44. The second-order valence-electron chi connectivity index (χ2n) is 4.99. The summed E-state index contributed by atoms with van der Waals surface area (Å²) in [6, 6.07) is 4.86. The van der Waals surface area contributed by atoms with Crippen LogP contribution in [0, 0.1) is 0 Å². The number of benzene rings is 1. The first-order valence-electron chi connectivity index (χ1n) is 6.98. The largest absolute Gasteiger partial charge is 0.497 e. The second kappa shape index (κ2) is 8.62. The number of ether oxygens (including phenoxy) is 2. The Hall–Kier alpha value is -2.77. The molecular weight excluding hydrogens is 302 g/mol. The van der Waals surface area contributed by atoms with E-state index in [0.29, 0.717) is 17.1 Å². The van der Waals surface area contributed by atoms with Crippen LogP contribution in [0.25, 0.3) is 0 Å². The lowest BCUT2D eigenvalue weighted by molar-refractivity contribution is -0.141. The molecule has 0 aliphatic rings. The van der Waals surface area contributed by atoms with Gasteiger partial charge in [0.1, 0.15) is 11.5 Å². The summed E-state index contributed by atoms with van der Waals surface area (Å²) in [5, 5.41) is 2.41. The summed E-state index contributed by atoms with van der Waals surface area (Å²) >= 11 is 0. The van der Waals surface area contributed by atoms with Crippen molar-refractivity contribution in [3.63, 3.8) is 0 Å². The number of nitrogens with one attached hydrogen (secondary N) is 3. The molecule has 23 heavy (non-hydrogen) atoms. The lowest BCUT2D eigenvalue weighted by Gasteiger charge is -2.12. The third-order valence-corrected chi connectivity index (χ3v) is 2.79. The van der Waals surface area contributed by atoms with Crippen LogP contribution in [0.4, 0.5) is 0 Å². The van der Waals surface area contributed by atoms with Crippen molar-refractivity contribution < 1.29 is 23.9 Å². The maximum Gasteiger partial charge on any atom is 0.327 e. The van der Waals surface area contributed by atoms with Gasteiger partial charge < -0.3 is 14.8 Å². The van der Waals surface area contributed by atoms with Crippen molar-refractivity contribution in [2.75, 3.05) is 14.2 Å². The zero-order valence-corrected chi connectivity index (χ0v) is 13.6. The van der Waals surface area contributed by atoms with E-state index >= 15 is 0 Å². The minimum Gasteiger partial charge on any atom is -0.497 e. The topological polar surface area (TPSA) is 106 Å². The summed E-state index contributed by atoms with van der Waals surface area (Å²) in [7, 11) is 3.01. The molecule has 0 radical (unpaired) electrons. The number of hydrogen-bond acceptors (Lipinski definition) is 5. The molecule has 0 spiro atoms. The van der Waals surface area contributed by atoms with Crippen molar-refractivity contribution >= 4 is 17.7 Å². The minimum atomic E-state index is -0.936. The zero-order chi connectivity index (χ0) is 17.4. The normalized spacial score (nSPS) is 9.96. The van der Waals surface area contributed by atoms with Gasteiger partial charge in [-0.05, 0) is 19.9 Å². The van der Waals surface area contributed by atoms with Crippen molar-refractivity contribution in [3.8, 4) is 11.5 Å². The highest BCUT2D eigenvalue weighted by atomic mass is 16.5. The van der Waals surface area contributed by atoms with Crippen molar-refractivity contribution in [2.45, 2.75) is 26.3 Å². The predicted octanol–water partition coefficient (Wildman–Crippen LogP) is -0.0817. The van der Waals surface area contributed by atoms with E-state index in [1.165, 1.54) is 14.2 Å². The van der Waals surface area contributed by atoms with Gasteiger partial charge >= 0.3 is 11.8 Å². The monoisotopic (exact) mass is 323 g/mol. The molecule has 0 atom stereocenters. The van der Waals surface area contributed by atoms with E-state index in [9.17, 15) is 14.4 Å². The van der Waals surface area contributed by atoms with Gasteiger partial charge in [0.25, 0.3) is 0 Å². The lowest BCUT2D eigenvalue weighted by atomic mass is 10.1. The molecule has 0 aliphatic heterocycles. The Labute approximate surface area is 134 Å². The maximum atomic E-state index is 11.8. The van der Waals surface area contributed by atoms with Gasteiger partial charge in [-0.1, -0.05) is 6.07 Å². The van der Waals surface area contributed by atoms with Gasteiger partial charge in [0.05, 0.1) is 20.6 Å². The number of methoxy groups -OCH3 is 2. The van der Waals surface area contributed by atoms with Crippen LogP contribution in [0.3, 0.4) is 0 Å². The molecule has 3 N–H and O–H groups in total. The van der Waals surface area contributed by atoms with E-state index in [1.807, 2.05) is 0 Å². The molecule has 0 heterocycles. The van der Waals surface area contributed by atoms with Crippen molar-refractivity contribution in [2.24, 2.45) is 0 Å². The molecule has 126 valence electrons. The molecule has 0 aliphatic carbocycles. The molecule has 3 amide bonds. The number of rotatable bonds is 5. The number of hydrogen-bond donors (Lipinski definition) is 3. The minimum absolute atomic E-state index is 0.0285. The number of carbonyl (C=O) groups excluding carboxylic acids is 3. The highest BCUT2D eigenvalue weighted by Crippen LogP contribution is 2.24. The molecule has 0 saturated heterocycles. The Morgan fingerprint density at radius 2 is 1.74 bits per heavy atom. The summed E-state index contributed by atoms with van der Waals surface area (Å²) in [5.41, 5.74) is 4.85. The molecule has 1 rings (SSSR count). The van der Waals surface area contributed by atoms with Crippen LogP contribution < -0.4 is 25.6 Å². The summed E-state index contributed by atoms with van der Waals surface area (Å²) < 4.78 is 10.3. The van der Waals surface area contributed by atoms with Crippen LogP contribution in [-0.2, 0) is 20.8 Å². The number of carbonyl (C=O) groups is 3. The molecule has 0 bridgehead atoms. The van der Waals surface area contributed by atoms with Gasteiger partial charge in [-0.25, -0.2) is 0 Å². The second-order valence-corrected chi connectivity index (χ2v) is 4.99. The van der Waals surface area contributed by atoms with Crippen molar-refractivity contribution in [3.05, 3.63) is 23.8 Å². The highest BCUT2D eigenvalue weighted by Gasteiger charge is 2.16. The highest BCUT2D eigenvalue weighted by molar-refractivity contribution is 6.35. The molecule has 1 aromatic carbocycles. The van der Waals surface area contributed by atoms with E-state index in [2.05, 4.69) is 16.2 Å². The van der Waals surface area contributed by atoms with E-state index in [0.717, 1.165) is 0 Å². The van der Waals surface area contributed by atoms with Crippen LogP contribution in [0.15, 0.2) is 18.2 Å². The first-order valence-corrected chi connectivity index (χ1v) is 6.98. The average molecular weight is 323 g/mol. The standard InChI is InChI=1S/C15H21N3O5/c1-9(2)16-14(20)15(21)18-17-13(19)7-10-5-6-11(22-3)8-12(10)23-4/h5-6,8-9H,7H2,1-4H3,(H,16,20)(H,17,19)(H,18,21). The number of amides is 3. The molecule has 0 fully saturated rings. The summed E-state index contributed by atoms with van der Waals surface area (Å²) in [5.74, 6) is -1.15. The average Bonchev–Trinajstić information content (AvgIpc) is 2.52. The van der Waals surface area contributed by atoms with Crippen molar-refractivity contribution in [1.82, 2.24) is 16.2 Å². The van der Waals surface area contributed by atoms with Crippen LogP contribution in [0.1, 0.15) is 19.4 Å². The fraction of sp³-hybridized carbons (Fsp3) is 0.400. The molecular formula is C15H21N3O5. The first-order chi connectivity index (χ1) is 10.9. The molecule has 0 saturated carbocycles. The van der Waals surface area contributed by atoms with Gasteiger partial charge in [-0.15, -0.1) is 0 Å².